The highest BCUT2D eigenvalue weighted by atomic mass is 15.4. The fourth-order valence-electron chi connectivity index (χ4n) is 1.19. The zero-order valence-electron chi connectivity index (χ0n) is 7.31. The molecule has 1 aromatic carbocycles. The molecule has 0 unspecified atom stereocenters. The minimum Gasteiger partial charge on any atom is -0.397 e. The lowest BCUT2D eigenvalue weighted by molar-refractivity contribution is 0.804. The summed E-state index contributed by atoms with van der Waals surface area (Å²) in [5.74, 6) is 0. The molecule has 2 aromatic rings. The van der Waals surface area contributed by atoms with Crippen molar-refractivity contribution in [2.24, 2.45) is 0 Å². The Morgan fingerprint density at radius 3 is 2.92 bits per heavy atom. The minimum absolute atomic E-state index is 0.705. The van der Waals surface area contributed by atoms with E-state index in [-0.39, 0.29) is 0 Å². The van der Waals surface area contributed by atoms with Crippen molar-refractivity contribution < 1.29 is 0 Å². The molecule has 0 aliphatic heterocycles. The number of rotatable bonds is 1. The Kier molecular flexibility index (Phi) is 1.73. The van der Waals surface area contributed by atoms with Crippen LogP contribution in [0.2, 0.25) is 0 Å². The summed E-state index contributed by atoms with van der Waals surface area (Å²) < 4.78 is 1.66. The molecule has 1 heterocycles. The molecule has 4 heteroatoms. The molecule has 13 heavy (non-hydrogen) atoms. The van der Waals surface area contributed by atoms with Gasteiger partial charge in [-0.25, -0.2) is 4.68 Å². The Balaban J connectivity index is 2.57. The van der Waals surface area contributed by atoms with E-state index in [9.17, 15) is 0 Å². The van der Waals surface area contributed by atoms with Crippen LogP contribution < -0.4 is 5.73 Å². The predicted molar refractivity (Wildman–Crippen MR) is 50.5 cm³/mol. The van der Waals surface area contributed by atoms with Gasteiger partial charge >= 0.3 is 0 Å². The zero-order valence-corrected chi connectivity index (χ0v) is 7.31. The van der Waals surface area contributed by atoms with Gasteiger partial charge in [-0.1, -0.05) is 11.3 Å². The van der Waals surface area contributed by atoms with Crippen LogP contribution in [0.5, 0.6) is 0 Å². The molecule has 0 bridgehead atoms. The van der Waals surface area contributed by atoms with Crippen LogP contribution in [0, 0.1) is 6.92 Å². The number of aryl methyl sites for hydroxylation is 1. The molecule has 1 aromatic heterocycles. The summed E-state index contributed by atoms with van der Waals surface area (Å²) in [7, 11) is 0. The average Bonchev–Trinajstić information content (AvgIpc) is 2.61. The maximum atomic E-state index is 5.79. The van der Waals surface area contributed by atoms with Crippen LogP contribution >= 0.6 is 0 Å². The van der Waals surface area contributed by atoms with E-state index in [0.29, 0.717) is 5.69 Å². The maximum absolute atomic E-state index is 5.79. The van der Waals surface area contributed by atoms with Gasteiger partial charge in [0.15, 0.2) is 0 Å². The second-order valence-corrected chi connectivity index (χ2v) is 2.91. The largest absolute Gasteiger partial charge is 0.397 e. The third kappa shape index (κ3) is 1.38. The normalized spacial score (nSPS) is 10.2. The first kappa shape index (κ1) is 7.79. The number of hydrogen-bond acceptors (Lipinski definition) is 3. The van der Waals surface area contributed by atoms with Gasteiger partial charge in [0.2, 0.25) is 0 Å². The van der Waals surface area contributed by atoms with E-state index in [4.69, 9.17) is 5.73 Å². The van der Waals surface area contributed by atoms with Crippen LogP contribution in [0.1, 0.15) is 5.56 Å². The van der Waals surface area contributed by atoms with Crippen molar-refractivity contribution in [3.63, 3.8) is 0 Å². The average molecular weight is 174 g/mol. The maximum Gasteiger partial charge on any atom is 0.0895 e. The SMILES string of the molecule is Cc1ccc(N)c(-n2ccnn2)c1. The topological polar surface area (TPSA) is 56.7 Å². The third-order valence-electron chi connectivity index (χ3n) is 1.86. The quantitative estimate of drug-likeness (QED) is 0.660. The Morgan fingerprint density at radius 2 is 2.23 bits per heavy atom. The highest BCUT2D eigenvalue weighted by molar-refractivity contribution is 5.58. The lowest BCUT2D eigenvalue weighted by atomic mass is 10.2. The standard InChI is InChI=1S/C9H10N4/c1-7-2-3-8(10)9(6-7)13-5-4-11-12-13/h2-6H,10H2,1H3. The van der Waals surface area contributed by atoms with Gasteiger partial charge in [0, 0.05) is 0 Å². The van der Waals surface area contributed by atoms with Crippen LogP contribution in [0.15, 0.2) is 30.6 Å². The van der Waals surface area contributed by atoms with E-state index in [1.807, 2.05) is 25.1 Å². The van der Waals surface area contributed by atoms with E-state index < -0.39 is 0 Å². The molecule has 0 radical (unpaired) electrons. The molecule has 0 spiro atoms. The Morgan fingerprint density at radius 1 is 1.38 bits per heavy atom. The first-order chi connectivity index (χ1) is 6.27. The second-order valence-electron chi connectivity index (χ2n) is 2.91. The second kappa shape index (κ2) is 2.90. The summed E-state index contributed by atoms with van der Waals surface area (Å²) >= 11 is 0. The fourth-order valence-corrected chi connectivity index (χ4v) is 1.19. The van der Waals surface area contributed by atoms with Crippen molar-refractivity contribution in [1.82, 2.24) is 15.0 Å². The molecule has 2 N–H and O–H groups in total. The van der Waals surface area contributed by atoms with E-state index >= 15 is 0 Å². The van der Waals surface area contributed by atoms with E-state index in [1.54, 1.807) is 17.1 Å². The molecule has 0 fully saturated rings. The summed E-state index contributed by atoms with van der Waals surface area (Å²) in [4.78, 5) is 0. The van der Waals surface area contributed by atoms with Gasteiger partial charge in [0.1, 0.15) is 0 Å². The Bertz CT molecular complexity index is 406. The van der Waals surface area contributed by atoms with Gasteiger partial charge in [-0.05, 0) is 24.6 Å². The summed E-state index contributed by atoms with van der Waals surface area (Å²) in [6.07, 6.45) is 3.40. The number of nitrogens with zero attached hydrogens (tertiary/aromatic N) is 3. The fraction of sp³-hybridized carbons (Fsp3) is 0.111. The number of nitrogen functional groups attached to an aromatic ring is 1. The molecule has 2 rings (SSSR count). The van der Waals surface area contributed by atoms with Crippen LogP contribution in [0.25, 0.3) is 5.69 Å². The van der Waals surface area contributed by atoms with Gasteiger partial charge < -0.3 is 5.73 Å². The van der Waals surface area contributed by atoms with Crippen molar-refractivity contribution in [2.45, 2.75) is 6.92 Å². The van der Waals surface area contributed by atoms with Crippen molar-refractivity contribution in [3.8, 4) is 5.69 Å². The number of nitrogens with two attached hydrogens (primary N) is 1. The summed E-state index contributed by atoms with van der Waals surface area (Å²) in [6, 6.07) is 5.81. The van der Waals surface area contributed by atoms with Gasteiger partial charge in [0.25, 0.3) is 0 Å². The van der Waals surface area contributed by atoms with Crippen LogP contribution in [0.3, 0.4) is 0 Å². The van der Waals surface area contributed by atoms with Crippen LogP contribution in [-0.2, 0) is 0 Å². The van der Waals surface area contributed by atoms with Gasteiger partial charge in [0.05, 0.1) is 23.8 Å². The van der Waals surface area contributed by atoms with E-state index in [1.165, 1.54) is 0 Å². The number of benzene rings is 1. The van der Waals surface area contributed by atoms with Crippen LogP contribution in [0.4, 0.5) is 5.69 Å². The molecule has 4 nitrogen and oxygen atoms in total. The molecule has 0 saturated carbocycles. The highest BCUT2D eigenvalue weighted by Crippen LogP contribution is 2.16. The molecule has 0 amide bonds. The summed E-state index contributed by atoms with van der Waals surface area (Å²) in [5, 5.41) is 7.60. The smallest absolute Gasteiger partial charge is 0.0895 e. The zero-order chi connectivity index (χ0) is 9.26. The Labute approximate surface area is 76.0 Å². The summed E-state index contributed by atoms with van der Waals surface area (Å²) in [5.41, 5.74) is 8.52. The van der Waals surface area contributed by atoms with Crippen LogP contribution in [-0.4, -0.2) is 15.0 Å². The number of aromatic nitrogens is 3. The first-order valence-electron chi connectivity index (χ1n) is 4.00. The molecule has 0 aliphatic rings. The van der Waals surface area contributed by atoms with Crippen molar-refractivity contribution in [1.29, 1.82) is 0 Å². The van der Waals surface area contributed by atoms with Gasteiger partial charge in [-0.2, -0.15) is 0 Å². The third-order valence-corrected chi connectivity index (χ3v) is 1.86. The highest BCUT2D eigenvalue weighted by Gasteiger charge is 2.01. The van der Waals surface area contributed by atoms with Gasteiger partial charge in [-0.15, -0.1) is 5.10 Å². The molecule has 0 atom stereocenters. The Hall–Kier alpha value is -1.84. The van der Waals surface area contributed by atoms with Crippen molar-refractivity contribution in [3.05, 3.63) is 36.2 Å². The van der Waals surface area contributed by atoms with E-state index in [2.05, 4.69) is 10.3 Å². The predicted octanol–water partition coefficient (Wildman–Crippen LogP) is 1.16. The number of hydrogen-bond donors (Lipinski definition) is 1. The number of anilines is 1. The minimum atomic E-state index is 0.705. The lowest BCUT2D eigenvalue weighted by Gasteiger charge is -2.04. The molecule has 66 valence electrons. The first-order valence-corrected chi connectivity index (χ1v) is 4.00. The van der Waals surface area contributed by atoms with Crippen molar-refractivity contribution >= 4 is 5.69 Å². The molecular weight excluding hydrogens is 164 g/mol. The molecule has 0 aliphatic carbocycles. The lowest BCUT2D eigenvalue weighted by Crippen LogP contribution is -2.00. The van der Waals surface area contributed by atoms with Gasteiger partial charge in [-0.3, -0.25) is 0 Å². The summed E-state index contributed by atoms with van der Waals surface area (Å²) in [6.45, 7) is 2.01. The molecule has 0 saturated heterocycles. The monoisotopic (exact) mass is 174 g/mol. The van der Waals surface area contributed by atoms with Crippen molar-refractivity contribution in [2.75, 3.05) is 5.73 Å². The van der Waals surface area contributed by atoms with E-state index in [0.717, 1.165) is 11.3 Å². The molecular formula is C9H10N4.